The van der Waals surface area contributed by atoms with Crippen molar-refractivity contribution in [3.63, 3.8) is 0 Å². The maximum Gasteiger partial charge on any atom is 0.226 e. The van der Waals surface area contributed by atoms with Gasteiger partial charge in [-0.1, -0.05) is 0 Å². The summed E-state index contributed by atoms with van der Waals surface area (Å²) in [5.41, 5.74) is 3.45. The molecule has 168 valence electrons. The third-order valence-corrected chi connectivity index (χ3v) is 4.96. The molecule has 0 amide bonds. The van der Waals surface area contributed by atoms with E-state index in [0.717, 1.165) is 34.1 Å². The SMILES string of the molecule is CN=C(NCCc1coc(-c2ccc(F)cc2)n1)NCCc1c[nH]c2cc(F)ccc12.I. The Bertz CT molecular complexity index is 1190. The van der Waals surface area contributed by atoms with Gasteiger partial charge in [-0.25, -0.2) is 13.8 Å². The van der Waals surface area contributed by atoms with Gasteiger partial charge in [0.1, 0.15) is 17.9 Å². The Labute approximate surface area is 201 Å². The smallest absolute Gasteiger partial charge is 0.226 e. The molecule has 2 heterocycles. The largest absolute Gasteiger partial charge is 0.444 e. The summed E-state index contributed by atoms with van der Waals surface area (Å²) in [7, 11) is 1.71. The van der Waals surface area contributed by atoms with Crippen LogP contribution in [0.2, 0.25) is 0 Å². The number of rotatable bonds is 7. The topological polar surface area (TPSA) is 78.2 Å². The molecule has 0 aliphatic heterocycles. The lowest BCUT2D eigenvalue weighted by molar-refractivity contribution is 0.571. The first-order chi connectivity index (χ1) is 15.1. The molecule has 0 aliphatic carbocycles. The van der Waals surface area contributed by atoms with Crippen molar-refractivity contribution in [2.75, 3.05) is 20.1 Å². The van der Waals surface area contributed by atoms with Crippen molar-refractivity contribution in [3.8, 4) is 11.5 Å². The van der Waals surface area contributed by atoms with Gasteiger partial charge in [-0.05, 0) is 54.4 Å². The number of benzene rings is 2. The molecular weight excluding hydrogens is 527 g/mol. The van der Waals surface area contributed by atoms with Crippen LogP contribution in [0.3, 0.4) is 0 Å². The maximum absolute atomic E-state index is 13.3. The lowest BCUT2D eigenvalue weighted by Gasteiger charge is -2.11. The normalized spacial score (nSPS) is 11.4. The molecule has 0 saturated heterocycles. The van der Waals surface area contributed by atoms with Crippen LogP contribution in [-0.2, 0) is 12.8 Å². The van der Waals surface area contributed by atoms with Crippen molar-refractivity contribution in [2.24, 2.45) is 4.99 Å². The Kier molecular flexibility index (Phi) is 8.20. The molecule has 4 aromatic rings. The summed E-state index contributed by atoms with van der Waals surface area (Å²) >= 11 is 0. The number of aromatic nitrogens is 2. The molecule has 4 rings (SSSR count). The number of guanidine groups is 1. The molecule has 0 bridgehead atoms. The molecule has 32 heavy (non-hydrogen) atoms. The van der Waals surface area contributed by atoms with E-state index in [4.69, 9.17) is 4.42 Å². The highest BCUT2D eigenvalue weighted by molar-refractivity contribution is 14.0. The van der Waals surface area contributed by atoms with Crippen molar-refractivity contribution < 1.29 is 13.2 Å². The molecule has 0 atom stereocenters. The van der Waals surface area contributed by atoms with Gasteiger partial charge in [0.05, 0.1) is 5.69 Å². The van der Waals surface area contributed by atoms with Gasteiger partial charge in [-0.15, -0.1) is 24.0 Å². The molecule has 2 aromatic carbocycles. The van der Waals surface area contributed by atoms with Crippen molar-refractivity contribution in [1.29, 1.82) is 0 Å². The van der Waals surface area contributed by atoms with E-state index in [2.05, 4.69) is 25.6 Å². The van der Waals surface area contributed by atoms with E-state index in [1.54, 1.807) is 31.5 Å². The molecule has 0 fully saturated rings. The van der Waals surface area contributed by atoms with Gasteiger partial charge in [0.15, 0.2) is 5.96 Å². The molecule has 0 saturated carbocycles. The van der Waals surface area contributed by atoms with Gasteiger partial charge in [0.25, 0.3) is 0 Å². The van der Waals surface area contributed by atoms with Gasteiger partial charge in [0.2, 0.25) is 5.89 Å². The highest BCUT2D eigenvalue weighted by atomic mass is 127. The summed E-state index contributed by atoms with van der Waals surface area (Å²) < 4.78 is 31.8. The van der Waals surface area contributed by atoms with Crippen LogP contribution in [0.5, 0.6) is 0 Å². The second-order valence-electron chi connectivity index (χ2n) is 7.08. The van der Waals surface area contributed by atoms with Crippen LogP contribution in [0.4, 0.5) is 8.78 Å². The fourth-order valence-corrected chi connectivity index (χ4v) is 3.36. The van der Waals surface area contributed by atoms with Gasteiger partial charge in [-0.2, -0.15) is 0 Å². The summed E-state index contributed by atoms with van der Waals surface area (Å²) in [6, 6.07) is 10.8. The van der Waals surface area contributed by atoms with Crippen molar-refractivity contribution in [2.45, 2.75) is 12.8 Å². The van der Waals surface area contributed by atoms with E-state index in [1.165, 1.54) is 24.3 Å². The minimum atomic E-state index is -0.294. The number of nitrogens with one attached hydrogen (secondary N) is 3. The Hall–Kier alpha value is -2.95. The fraction of sp³-hybridized carbons (Fsp3) is 0.217. The predicted octanol–water partition coefficient (Wildman–Crippen LogP) is 4.67. The Morgan fingerprint density at radius 2 is 1.75 bits per heavy atom. The summed E-state index contributed by atoms with van der Waals surface area (Å²) in [5.74, 6) is 0.613. The molecule has 0 spiro atoms. The zero-order valence-electron chi connectivity index (χ0n) is 17.5. The van der Waals surface area contributed by atoms with E-state index in [1.807, 2.05) is 6.20 Å². The number of halogens is 3. The van der Waals surface area contributed by atoms with Crippen LogP contribution in [0, 0.1) is 11.6 Å². The monoisotopic (exact) mass is 551 g/mol. The van der Waals surface area contributed by atoms with Crippen LogP contribution in [0.15, 0.2) is 64.3 Å². The molecule has 0 radical (unpaired) electrons. The number of nitrogens with zero attached hydrogens (tertiary/aromatic N) is 2. The zero-order chi connectivity index (χ0) is 21.6. The van der Waals surface area contributed by atoms with Crippen LogP contribution in [0.25, 0.3) is 22.4 Å². The summed E-state index contributed by atoms with van der Waals surface area (Å²) in [4.78, 5) is 11.8. The average molecular weight is 551 g/mol. The first-order valence-corrected chi connectivity index (χ1v) is 10.0. The van der Waals surface area contributed by atoms with E-state index in [-0.39, 0.29) is 35.6 Å². The average Bonchev–Trinajstić information content (AvgIpc) is 3.40. The van der Waals surface area contributed by atoms with Crippen LogP contribution >= 0.6 is 24.0 Å². The van der Waals surface area contributed by atoms with Crippen LogP contribution in [0.1, 0.15) is 11.3 Å². The van der Waals surface area contributed by atoms with Crippen molar-refractivity contribution >= 4 is 40.8 Å². The quantitative estimate of drug-likeness (QED) is 0.177. The third kappa shape index (κ3) is 5.84. The number of fused-ring (bicyclic) bond motifs is 1. The zero-order valence-corrected chi connectivity index (χ0v) is 19.8. The summed E-state index contributed by atoms with van der Waals surface area (Å²) in [6.45, 7) is 1.31. The molecule has 9 heteroatoms. The Morgan fingerprint density at radius 3 is 2.50 bits per heavy atom. The second kappa shape index (κ2) is 11.1. The number of hydrogen-bond donors (Lipinski definition) is 3. The summed E-state index contributed by atoms with van der Waals surface area (Å²) in [6.07, 6.45) is 4.94. The van der Waals surface area contributed by atoms with E-state index >= 15 is 0 Å². The third-order valence-electron chi connectivity index (χ3n) is 4.96. The van der Waals surface area contributed by atoms with Crippen LogP contribution in [-0.4, -0.2) is 36.1 Å². The Morgan fingerprint density at radius 1 is 1.03 bits per heavy atom. The van der Waals surface area contributed by atoms with Gasteiger partial charge in [0, 0.05) is 49.2 Å². The number of aliphatic imine (C=N–C) groups is 1. The van der Waals surface area contributed by atoms with Crippen molar-refractivity contribution in [1.82, 2.24) is 20.6 Å². The predicted molar refractivity (Wildman–Crippen MR) is 132 cm³/mol. The number of aromatic amines is 1. The van der Waals surface area contributed by atoms with Gasteiger partial charge >= 0.3 is 0 Å². The minimum Gasteiger partial charge on any atom is -0.444 e. The van der Waals surface area contributed by atoms with E-state index in [9.17, 15) is 8.78 Å². The number of hydrogen-bond acceptors (Lipinski definition) is 3. The molecule has 2 aromatic heterocycles. The first kappa shape index (κ1) is 23.7. The Balaban J connectivity index is 0.00000289. The van der Waals surface area contributed by atoms with Crippen LogP contribution < -0.4 is 10.6 Å². The van der Waals surface area contributed by atoms with Gasteiger partial charge in [-0.3, -0.25) is 4.99 Å². The van der Waals surface area contributed by atoms with Gasteiger partial charge < -0.3 is 20.0 Å². The molecule has 6 nitrogen and oxygen atoms in total. The maximum atomic E-state index is 13.3. The second-order valence-corrected chi connectivity index (χ2v) is 7.08. The lowest BCUT2D eigenvalue weighted by Crippen LogP contribution is -2.39. The molecule has 0 aliphatic rings. The standard InChI is InChI=1S/C23H23F2N5O.HI/c1-26-23(27-10-8-16-13-29-21-12-18(25)6-7-20(16)21)28-11-9-19-14-31-22(30-19)15-2-4-17(24)5-3-15;/h2-7,12-14,29H,8-11H2,1H3,(H2,26,27,28);1H. The minimum absolute atomic E-state index is 0. The number of oxazole rings is 1. The van der Waals surface area contributed by atoms with E-state index < -0.39 is 0 Å². The molecular formula is C23H24F2IN5O. The lowest BCUT2D eigenvalue weighted by atomic mass is 10.1. The van der Waals surface area contributed by atoms with E-state index in [0.29, 0.717) is 31.4 Å². The highest BCUT2D eigenvalue weighted by Gasteiger charge is 2.08. The molecule has 0 unspecified atom stereocenters. The highest BCUT2D eigenvalue weighted by Crippen LogP contribution is 2.20. The molecule has 3 N–H and O–H groups in total. The first-order valence-electron chi connectivity index (χ1n) is 10.0. The fourth-order valence-electron chi connectivity index (χ4n) is 3.36. The number of H-pyrrole nitrogens is 1. The summed E-state index contributed by atoms with van der Waals surface area (Å²) in [5, 5.41) is 7.55. The van der Waals surface area contributed by atoms with Crippen molar-refractivity contribution in [3.05, 3.63) is 77.8 Å².